The minimum atomic E-state index is -3.99. The predicted molar refractivity (Wildman–Crippen MR) is 163 cm³/mol. The summed E-state index contributed by atoms with van der Waals surface area (Å²) in [5.74, 6) is 6.58. The molecule has 0 unspecified atom stereocenters. The molecule has 0 aromatic heterocycles. The van der Waals surface area contributed by atoms with E-state index in [1.807, 2.05) is 113 Å². The molecule has 0 radical (unpaired) electrons. The largest absolute Gasteiger partial charge is 0.277 e. The van der Waals surface area contributed by atoms with Gasteiger partial charge in [-0.1, -0.05) is 114 Å². The molecule has 4 rings (SSSR count). The molecule has 200 valence electrons. The first kappa shape index (κ1) is 28.1. The number of nitrogens with zero attached hydrogens (tertiary/aromatic N) is 1. The third kappa shape index (κ3) is 6.58. The van der Waals surface area contributed by atoms with E-state index in [1.165, 1.54) is 0 Å². The van der Waals surface area contributed by atoms with Gasteiger partial charge in [0.25, 0.3) is 10.0 Å². The lowest BCUT2D eigenvalue weighted by atomic mass is 9.89. The van der Waals surface area contributed by atoms with E-state index in [2.05, 4.69) is 35.6 Å². The summed E-state index contributed by atoms with van der Waals surface area (Å²) in [4.78, 5) is 2.87. The Balaban J connectivity index is 1.84. The van der Waals surface area contributed by atoms with E-state index < -0.39 is 10.0 Å². The fourth-order valence-electron chi connectivity index (χ4n) is 4.51. The maximum absolute atomic E-state index is 13.9. The van der Waals surface area contributed by atoms with Crippen molar-refractivity contribution in [1.82, 2.24) is 4.83 Å². The molecular formula is C34H36N2O2S. The van der Waals surface area contributed by atoms with Crippen LogP contribution in [0.5, 0.6) is 0 Å². The number of hydrogen-bond donors (Lipinski definition) is 1. The molecule has 4 nitrogen and oxygen atoms in total. The Morgan fingerprint density at radius 1 is 0.718 bits per heavy atom. The zero-order valence-electron chi connectivity index (χ0n) is 23.5. The molecule has 0 saturated heterocycles. The fourth-order valence-corrected chi connectivity index (χ4v) is 6.02. The lowest BCUT2D eigenvalue weighted by Crippen LogP contribution is -2.24. The molecule has 4 aromatic rings. The first-order chi connectivity index (χ1) is 18.6. The molecule has 0 atom stereocenters. The average molecular weight is 537 g/mol. The normalized spacial score (nSPS) is 12.2. The maximum Gasteiger partial charge on any atom is 0.277 e. The summed E-state index contributed by atoms with van der Waals surface area (Å²) in [6.45, 7) is 12.4. The van der Waals surface area contributed by atoms with E-state index in [-0.39, 0.29) is 17.8 Å². The lowest BCUT2D eigenvalue weighted by Gasteiger charge is -2.22. The number of nitrogens with one attached hydrogen (secondary N) is 1. The molecule has 1 N–H and O–H groups in total. The second-order valence-corrected chi connectivity index (χ2v) is 12.3. The Kier molecular flexibility index (Phi) is 8.57. The van der Waals surface area contributed by atoms with E-state index in [0.29, 0.717) is 10.6 Å². The molecule has 0 aliphatic heterocycles. The van der Waals surface area contributed by atoms with E-state index in [9.17, 15) is 8.42 Å². The Bertz CT molecular complexity index is 1640. The van der Waals surface area contributed by atoms with Gasteiger partial charge in [0.1, 0.15) is 5.71 Å². The van der Waals surface area contributed by atoms with Gasteiger partial charge in [0.05, 0.1) is 4.90 Å². The van der Waals surface area contributed by atoms with Gasteiger partial charge in [-0.25, -0.2) is 0 Å². The SMILES string of the molecule is CC(C)c1cc(C(C)C)c(S(=O)(=O)N/N=C(\C#Cc2ccccc2)c2ccc3ccccc3c2)c(C(C)C)c1. The molecule has 0 amide bonds. The van der Waals surface area contributed by atoms with E-state index in [0.717, 1.165) is 38.6 Å². The van der Waals surface area contributed by atoms with E-state index in [1.54, 1.807) is 0 Å². The van der Waals surface area contributed by atoms with Crippen LogP contribution in [-0.2, 0) is 10.0 Å². The zero-order valence-corrected chi connectivity index (χ0v) is 24.3. The molecular weight excluding hydrogens is 500 g/mol. The molecule has 0 spiro atoms. The number of fused-ring (bicyclic) bond motifs is 1. The second-order valence-electron chi connectivity index (χ2n) is 10.7. The van der Waals surface area contributed by atoms with Crippen LogP contribution in [0.3, 0.4) is 0 Å². The van der Waals surface area contributed by atoms with Crippen molar-refractivity contribution in [1.29, 1.82) is 0 Å². The van der Waals surface area contributed by atoms with Crippen molar-refractivity contribution < 1.29 is 8.42 Å². The maximum atomic E-state index is 13.9. The lowest BCUT2D eigenvalue weighted by molar-refractivity contribution is 0.579. The molecule has 4 aromatic carbocycles. The number of rotatable bonds is 7. The van der Waals surface area contributed by atoms with Gasteiger partial charge in [0, 0.05) is 11.1 Å². The minimum absolute atomic E-state index is 0.0228. The molecule has 0 saturated carbocycles. The third-order valence-corrected chi connectivity index (χ3v) is 8.09. The number of hydrazone groups is 1. The monoisotopic (exact) mass is 536 g/mol. The average Bonchev–Trinajstić information content (AvgIpc) is 2.92. The van der Waals surface area contributed by atoms with Crippen LogP contribution < -0.4 is 4.83 Å². The topological polar surface area (TPSA) is 58.5 Å². The highest BCUT2D eigenvalue weighted by atomic mass is 32.2. The van der Waals surface area contributed by atoms with Gasteiger partial charge in [-0.15, -0.1) is 0 Å². The summed E-state index contributed by atoms with van der Waals surface area (Å²) in [5.41, 5.74) is 4.65. The van der Waals surface area contributed by atoms with Gasteiger partial charge >= 0.3 is 0 Å². The highest BCUT2D eigenvalue weighted by Gasteiger charge is 2.27. The molecule has 39 heavy (non-hydrogen) atoms. The Morgan fingerprint density at radius 2 is 1.31 bits per heavy atom. The molecule has 0 heterocycles. The number of hydrogen-bond acceptors (Lipinski definition) is 3. The smallest absolute Gasteiger partial charge is 0.200 e. The molecule has 0 bridgehead atoms. The van der Waals surface area contributed by atoms with Gasteiger partial charge in [0.2, 0.25) is 0 Å². The summed E-state index contributed by atoms with van der Waals surface area (Å²) in [6.07, 6.45) is 0. The highest BCUT2D eigenvalue weighted by molar-refractivity contribution is 7.89. The van der Waals surface area contributed by atoms with Gasteiger partial charge in [-0.05, 0) is 69.3 Å². The van der Waals surface area contributed by atoms with E-state index in [4.69, 9.17) is 0 Å². The summed E-state index contributed by atoms with van der Waals surface area (Å²) in [7, 11) is -3.99. The highest BCUT2D eigenvalue weighted by Crippen LogP contribution is 2.35. The van der Waals surface area contributed by atoms with Gasteiger partial charge in [-0.2, -0.15) is 18.4 Å². The van der Waals surface area contributed by atoms with Gasteiger partial charge in [0.15, 0.2) is 0 Å². The van der Waals surface area contributed by atoms with Crippen LogP contribution in [0.1, 0.15) is 87.1 Å². The molecule has 0 aliphatic rings. The summed E-state index contributed by atoms with van der Waals surface area (Å²) < 4.78 is 27.8. The zero-order chi connectivity index (χ0) is 28.2. The number of benzene rings is 4. The molecule has 0 aliphatic carbocycles. The van der Waals surface area contributed by atoms with Crippen molar-refractivity contribution in [3.05, 3.63) is 113 Å². The van der Waals surface area contributed by atoms with Gasteiger partial charge < -0.3 is 0 Å². The Morgan fingerprint density at radius 3 is 1.90 bits per heavy atom. The van der Waals surface area contributed by atoms with Crippen LogP contribution in [0, 0.1) is 11.8 Å². The standard InChI is InChI=1S/C34H36N2O2S/c1-23(2)30-21-31(24(3)4)34(32(22-30)25(5)6)39(37,38)36-35-33(19-16-26-12-8-7-9-13-26)29-18-17-27-14-10-11-15-28(27)20-29/h7-15,17-18,20-25,36H,1-6H3/b35-33+. The molecule has 5 heteroatoms. The van der Waals surface area contributed by atoms with Crippen molar-refractivity contribution in [2.24, 2.45) is 5.10 Å². The van der Waals surface area contributed by atoms with Crippen LogP contribution in [0.4, 0.5) is 0 Å². The van der Waals surface area contributed by atoms with Crippen LogP contribution >= 0.6 is 0 Å². The fraction of sp³-hybridized carbons (Fsp3) is 0.265. The van der Waals surface area contributed by atoms with Crippen LogP contribution in [-0.4, -0.2) is 14.1 Å². The van der Waals surface area contributed by atoms with Crippen LogP contribution in [0.15, 0.2) is 94.9 Å². The van der Waals surface area contributed by atoms with Crippen LogP contribution in [0.2, 0.25) is 0 Å². The number of sulfonamides is 1. The van der Waals surface area contributed by atoms with Crippen molar-refractivity contribution in [2.45, 2.75) is 64.2 Å². The Labute approximate surface area is 233 Å². The second kappa shape index (κ2) is 11.9. The Hall–Kier alpha value is -3.88. The van der Waals surface area contributed by atoms with E-state index >= 15 is 0 Å². The first-order valence-electron chi connectivity index (χ1n) is 13.4. The predicted octanol–water partition coefficient (Wildman–Crippen LogP) is 7.94. The first-order valence-corrected chi connectivity index (χ1v) is 14.9. The van der Waals surface area contributed by atoms with Gasteiger partial charge in [-0.3, -0.25) is 0 Å². The third-order valence-electron chi connectivity index (χ3n) is 6.75. The van der Waals surface area contributed by atoms with Crippen LogP contribution in [0.25, 0.3) is 10.8 Å². The quantitative estimate of drug-likeness (QED) is 0.148. The van der Waals surface area contributed by atoms with Crippen molar-refractivity contribution in [2.75, 3.05) is 0 Å². The summed E-state index contributed by atoms with van der Waals surface area (Å²) in [5, 5.41) is 6.54. The van der Waals surface area contributed by atoms with Crippen molar-refractivity contribution in [3.8, 4) is 11.8 Å². The summed E-state index contributed by atoms with van der Waals surface area (Å²) in [6, 6.07) is 27.6. The minimum Gasteiger partial charge on any atom is -0.200 e. The summed E-state index contributed by atoms with van der Waals surface area (Å²) >= 11 is 0. The van der Waals surface area contributed by atoms with Crippen molar-refractivity contribution >= 4 is 26.5 Å². The van der Waals surface area contributed by atoms with Crippen molar-refractivity contribution in [3.63, 3.8) is 0 Å². The molecule has 0 fully saturated rings.